The van der Waals surface area contributed by atoms with Crippen molar-refractivity contribution >= 4 is 5.97 Å². The molecular formula is C15H5F9O5. The lowest BCUT2D eigenvalue weighted by atomic mass is 10.1. The van der Waals surface area contributed by atoms with Gasteiger partial charge in [0.05, 0.1) is 11.1 Å². The summed E-state index contributed by atoms with van der Waals surface area (Å²) >= 11 is 0. The van der Waals surface area contributed by atoms with E-state index in [4.69, 9.17) is 5.11 Å². The number of carboxylic acid groups (broad SMARTS) is 1. The van der Waals surface area contributed by atoms with Gasteiger partial charge in [0, 0.05) is 15.1 Å². The standard InChI is InChI=1S/C15H5F9O5/c16-10-8(13(25)26)4-9(11(28-23)12(10)29-24)27-7-2-5(14(17,18)19)1-6(3-7)15(20,21)22/h1-4H,(H,25,26). The summed E-state index contributed by atoms with van der Waals surface area (Å²) in [6.07, 6.45) is -10.5. The first kappa shape index (κ1) is 22.0. The van der Waals surface area contributed by atoms with E-state index in [0.717, 1.165) is 0 Å². The molecule has 0 amide bonds. The lowest BCUT2D eigenvalue weighted by Crippen LogP contribution is -2.11. The predicted octanol–water partition coefficient (Wildman–Crippen LogP) is 5.88. The average Bonchev–Trinajstić information content (AvgIpc) is 2.60. The molecule has 1 N–H and O–H groups in total. The Morgan fingerprint density at radius 2 is 1.31 bits per heavy atom. The van der Waals surface area contributed by atoms with Crippen LogP contribution in [0.1, 0.15) is 21.5 Å². The highest BCUT2D eigenvalue weighted by molar-refractivity contribution is 5.90. The summed E-state index contributed by atoms with van der Waals surface area (Å²) in [4.78, 5) is 17.0. The van der Waals surface area contributed by atoms with Crippen LogP contribution in [0.5, 0.6) is 23.0 Å². The molecule has 0 atom stereocenters. The van der Waals surface area contributed by atoms with Gasteiger partial charge in [0.15, 0.2) is 11.6 Å². The molecule has 14 heteroatoms. The molecule has 0 unspecified atom stereocenters. The van der Waals surface area contributed by atoms with Crippen molar-refractivity contribution in [3.05, 3.63) is 46.8 Å². The molecule has 0 bridgehead atoms. The number of hydrogen-bond acceptors (Lipinski definition) is 4. The number of carbonyl (C=O) groups is 1. The smallest absolute Gasteiger partial charge is 0.416 e. The molecule has 0 aliphatic carbocycles. The number of aromatic carboxylic acids is 1. The maximum absolute atomic E-state index is 13.8. The average molecular weight is 436 g/mol. The monoisotopic (exact) mass is 436 g/mol. The van der Waals surface area contributed by atoms with Crippen LogP contribution in [0.3, 0.4) is 0 Å². The third kappa shape index (κ3) is 4.57. The molecule has 0 saturated heterocycles. The molecule has 0 aliphatic rings. The molecule has 158 valence electrons. The molecular weight excluding hydrogens is 431 g/mol. The zero-order chi connectivity index (χ0) is 22.1. The van der Waals surface area contributed by atoms with Crippen LogP contribution in [0.4, 0.5) is 39.8 Å². The second-order valence-corrected chi connectivity index (χ2v) is 5.20. The molecule has 2 aromatic rings. The van der Waals surface area contributed by atoms with Gasteiger partial charge in [0.2, 0.25) is 0 Å². The Bertz CT molecular complexity index is 905. The van der Waals surface area contributed by atoms with Crippen LogP contribution in [-0.4, -0.2) is 11.1 Å². The fourth-order valence-electron chi connectivity index (χ4n) is 2.08. The Balaban J connectivity index is 2.70. The molecule has 29 heavy (non-hydrogen) atoms. The summed E-state index contributed by atoms with van der Waals surface area (Å²) in [5, 5.41) is 8.84. The van der Waals surface area contributed by atoms with Crippen molar-refractivity contribution in [3.63, 3.8) is 0 Å². The van der Waals surface area contributed by atoms with Gasteiger partial charge in [-0.3, -0.25) is 9.88 Å². The summed E-state index contributed by atoms with van der Waals surface area (Å²) in [5.74, 6) is -9.98. The van der Waals surface area contributed by atoms with E-state index in [1.54, 1.807) is 0 Å². The van der Waals surface area contributed by atoms with Gasteiger partial charge in [0.1, 0.15) is 11.3 Å². The Labute approximate surface area is 153 Å². The summed E-state index contributed by atoms with van der Waals surface area (Å²) in [6, 6.07) is -0.000454. The Kier molecular flexibility index (Phi) is 5.76. The van der Waals surface area contributed by atoms with E-state index in [0.29, 0.717) is 0 Å². The van der Waals surface area contributed by atoms with Crippen LogP contribution in [0.2, 0.25) is 0 Å². The zero-order valence-corrected chi connectivity index (χ0v) is 13.3. The fraction of sp³-hybridized carbons (Fsp3) is 0.133. The second kappa shape index (κ2) is 7.60. The van der Waals surface area contributed by atoms with Crippen LogP contribution in [-0.2, 0) is 12.4 Å². The topological polar surface area (TPSA) is 65.0 Å². The van der Waals surface area contributed by atoms with Crippen LogP contribution < -0.4 is 14.6 Å². The van der Waals surface area contributed by atoms with Crippen molar-refractivity contribution in [3.8, 4) is 23.0 Å². The van der Waals surface area contributed by atoms with Gasteiger partial charge in [-0.1, -0.05) is 0 Å². The van der Waals surface area contributed by atoms with E-state index >= 15 is 0 Å². The SMILES string of the molecule is O=C(O)c1cc(Oc2cc(C(F)(F)F)cc(C(F)(F)F)c2)c(OF)c(OF)c1F. The first-order valence-corrected chi connectivity index (χ1v) is 6.94. The van der Waals surface area contributed by atoms with Crippen LogP contribution in [0, 0.1) is 5.82 Å². The number of carboxylic acids is 1. The van der Waals surface area contributed by atoms with E-state index in [2.05, 4.69) is 14.6 Å². The van der Waals surface area contributed by atoms with Gasteiger partial charge in [0.25, 0.3) is 11.5 Å². The van der Waals surface area contributed by atoms with Gasteiger partial charge in [-0.15, -0.1) is 0 Å². The minimum atomic E-state index is -5.26. The van der Waals surface area contributed by atoms with E-state index < -0.39 is 63.8 Å². The van der Waals surface area contributed by atoms with Crippen molar-refractivity contribution in [1.29, 1.82) is 0 Å². The molecule has 0 aromatic heterocycles. The molecule has 0 aliphatic heterocycles. The summed E-state index contributed by atoms with van der Waals surface area (Å²) < 4.78 is 121. The summed E-state index contributed by atoms with van der Waals surface area (Å²) in [6.45, 7) is 0. The molecule has 2 aromatic carbocycles. The minimum Gasteiger partial charge on any atom is -0.478 e. The molecule has 0 spiro atoms. The van der Waals surface area contributed by atoms with Gasteiger partial charge in [-0.05, 0) is 18.2 Å². The van der Waals surface area contributed by atoms with E-state index in [9.17, 15) is 44.6 Å². The number of rotatable bonds is 5. The number of benzene rings is 2. The molecule has 0 heterocycles. The molecule has 0 saturated carbocycles. The molecule has 0 radical (unpaired) electrons. The van der Waals surface area contributed by atoms with Crippen molar-refractivity contribution in [2.75, 3.05) is 0 Å². The highest BCUT2D eigenvalue weighted by Crippen LogP contribution is 2.45. The lowest BCUT2D eigenvalue weighted by molar-refractivity contribution is -0.143. The lowest BCUT2D eigenvalue weighted by Gasteiger charge is -2.16. The largest absolute Gasteiger partial charge is 0.478 e. The van der Waals surface area contributed by atoms with Gasteiger partial charge in [-0.2, -0.15) is 26.3 Å². The Morgan fingerprint density at radius 3 is 1.69 bits per heavy atom. The highest BCUT2D eigenvalue weighted by atomic mass is 19.4. The Morgan fingerprint density at radius 1 is 0.828 bits per heavy atom. The minimum absolute atomic E-state index is 0.0526. The third-order valence-corrected chi connectivity index (χ3v) is 3.31. The van der Waals surface area contributed by atoms with Gasteiger partial charge < -0.3 is 9.84 Å². The van der Waals surface area contributed by atoms with Crippen LogP contribution in [0.15, 0.2) is 24.3 Å². The molecule has 0 fully saturated rings. The van der Waals surface area contributed by atoms with Crippen molar-refractivity contribution in [2.45, 2.75) is 12.4 Å². The normalized spacial score (nSPS) is 11.9. The van der Waals surface area contributed by atoms with E-state index in [1.165, 1.54) is 0 Å². The quantitative estimate of drug-likeness (QED) is 0.593. The second-order valence-electron chi connectivity index (χ2n) is 5.20. The van der Waals surface area contributed by atoms with Crippen LogP contribution >= 0.6 is 0 Å². The van der Waals surface area contributed by atoms with E-state index in [1.807, 2.05) is 0 Å². The van der Waals surface area contributed by atoms with Crippen molar-refractivity contribution in [2.24, 2.45) is 0 Å². The summed E-state index contributed by atoms with van der Waals surface area (Å²) in [5.41, 5.74) is -5.06. The van der Waals surface area contributed by atoms with Gasteiger partial charge >= 0.3 is 18.3 Å². The number of hydrogen-bond donors (Lipinski definition) is 1. The fourth-order valence-corrected chi connectivity index (χ4v) is 2.08. The maximum atomic E-state index is 13.8. The molecule has 5 nitrogen and oxygen atoms in total. The first-order valence-electron chi connectivity index (χ1n) is 6.94. The number of ether oxygens (including phenoxy) is 1. The molecule has 2 rings (SSSR count). The Hall–Kier alpha value is -3.32. The van der Waals surface area contributed by atoms with Crippen molar-refractivity contribution in [1.82, 2.24) is 0 Å². The van der Waals surface area contributed by atoms with E-state index in [-0.39, 0.29) is 24.3 Å². The predicted molar refractivity (Wildman–Crippen MR) is 73.4 cm³/mol. The van der Waals surface area contributed by atoms with Crippen LogP contribution in [0.25, 0.3) is 0 Å². The van der Waals surface area contributed by atoms with Crippen molar-refractivity contribution < 1.29 is 64.3 Å². The first-order chi connectivity index (χ1) is 13.3. The summed E-state index contributed by atoms with van der Waals surface area (Å²) in [7, 11) is 0. The van der Waals surface area contributed by atoms with Gasteiger partial charge in [-0.25, -0.2) is 9.18 Å². The number of halogens is 9. The maximum Gasteiger partial charge on any atom is 0.416 e. The highest BCUT2D eigenvalue weighted by Gasteiger charge is 2.37. The number of alkyl halides is 6. The zero-order valence-electron chi connectivity index (χ0n) is 13.3. The third-order valence-electron chi connectivity index (χ3n) is 3.31.